The zero-order valence-corrected chi connectivity index (χ0v) is 16.3. The molecule has 0 aliphatic carbocycles. The van der Waals surface area contributed by atoms with Gasteiger partial charge in [0.25, 0.3) is 5.91 Å². The standard InChI is InChI=1S/C18H20ClN5OS/c1-12-15-11-16(17(25)21-23-8-6-22(2)7-9-23)26-18(15)24(20-12)14-5-3-4-13(19)10-14/h3-5,10-11H,6-9H2,1-2H3,(H,21,25). The first kappa shape index (κ1) is 17.5. The van der Waals surface area contributed by atoms with Crippen LogP contribution in [0, 0.1) is 6.92 Å². The number of benzene rings is 1. The maximum absolute atomic E-state index is 12.7. The van der Waals surface area contributed by atoms with Gasteiger partial charge < -0.3 is 4.90 Å². The largest absolute Gasteiger partial charge is 0.304 e. The Balaban J connectivity index is 1.61. The first-order valence-corrected chi connectivity index (χ1v) is 9.70. The average molecular weight is 390 g/mol. The zero-order chi connectivity index (χ0) is 18.3. The molecule has 0 radical (unpaired) electrons. The summed E-state index contributed by atoms with van der Waals surface area (Å²) in [4.78, 5) is 16.6. The Morgan fingerprint density at radius 2 is 2.00 bits per heavy atom. The van der Waals surface area contributed by atoms with E-state index in [9.17, 15) is 4.79 Å². The van der Waals surface area contributed by atoms with Gasteiger partial charge in [0, 0.05) is 36.6 Å². The monoisotopic (exact) mass is 389 g/mol. The van der Waals surface area contributed by atoms with Crippen molar-refractivity contribution in [3.8, 4) is 5.69 Å². The molecule has 1 saturated heterocycles. The molecule has 2 aromatic heterocycles. The summed E-state index contributed by atoms with van der Waals surface area (Å²) >= 11 is 7.57. The van der Waals surface area contributed by atoms with Gasteiger partial charge in [-0.25, -0.2) is 9.69 Å². The molecule has 26 heavy (non-hydrogen) atoms. The van der Waals surface area contributed by atoms with Crippen molar-refractivity contribution < 1.29 is 4.79 Å². The maximum atomic E-state index is 12.7. The predicted octanol–water partition coefficient (Wildman–Crippen LogP) is 2.94. The summed E-state index contributed by atoms with van der Waals surface area (Å²) in [5.41, 5.74) is 4.81. The molecule has 0 unspecified atom stereocenters. The minimum atomic E-state index is -0.0622. The van der Waals surface area contributed by atoms with Crippen LogP contribution < -0.4 is 5.43 Å². The van der Waals surface area contributed by atoms with E-state index in [4.69, 9.17) is 11.6 Å². The van der Waals surface area contributed by atoms with E-state index >= 15 is 0 Å². The van der Waals surface area contributed by atoms with Crippen LogP contribution in [0.2, 0.25) is 5.02 Å². The van der Waals surface area contributed by atoms with Crippen LogP contribution in [-0.2, 0) is 0 Å². The van der Waals surface area contributed by atoms with Crippen LogP contribution in [-0.4, -0.2) is 58.8 Å². The number of halogens is 1. The van der Waals surface area contributed by atoms with E-state index in [1.807, 2.05) is 46.9 Å². The Kier molecular flexibility index (Phi) is 4.71. The zero-order valence-electron chi connectivity index (χ0n) is 14.7. The lowest BCUT2D eigenvalue weighted by atomic mass is 10.3. The fourth-order valence-electron chi connectivity index (χ4n) is 3.06. The lowest BCUT2D eigenvalue weighted by Crippen LogP contribution is -2.52. The highest BCUT2D eigenvalue weighted by molar-refractivity contribution is 7.20. The number of aryl methyl sites for hydroxylation is 1. The number of piperazine rings is 1. The van der Waals surface area contributed by atoms with Crippen LogP contribution >= 0.6 is 22.9 Å². The lowest BCUT2D eigenvalue weighted by Gasteiger charge is -2.32. The maximum Gasteiger partial charge on any atom is 0.275 e. The van der Waals surface area contributed by atoms with Crippen LogP contribution in [0.5, 0.6) is 0 Å². The smallest absolute Gasteiger partial charge is 0.275 e. The van der Waals surface area contributed by atoms with Gasteiger partial charge in [-0.05, 0) is 38.2 Å². The van der Waals surface area contributed by atoms with Crippen molar-refractivity contribution in [2.24, 2.45) is 0 Å². The fourth-order valence-corrected chi connectivity index (χ4v) is 4.32. The van der Waals surface area contributed by atoms with Gasteiger partial charge >= 0.3 is 0 Å². The number of carbonyl (C=O) groups excluding carboxylic acids is 1. The summed E-state index contributed by atoms with van der Waals surface area (Å²) in [6.07, 6.45) is 0. The van der Waals surface area contributed by atoms with Crippen LogP contribution in [0.4, 0.5) is 0 Å². The molecule has 6 nitrogen and oxygen atoms in total. The highest BCUT2D eigenvalue weighted by atomic mass is 35.5. The second-order valence-corrected chi connectivity index (χ2v) is 8.00. The molecular weight excluding hydrogens is 370 g/mol. The van der Waals surface area contributed by atoms with Crippen molar-refractivity contribution >= 4 is 39.1 Å². The summed E-state index contributed by atoms with van der Waals surface area (Å²) in [6, 6.07) is 9.49. The van der Waals surface area contributed by atoms with Crippen molar-refractivity contribution in [3.63, 3.8) is 0 Å². The minimum absolute atomic E-state index is 0.0622. The van der Waals surface area contributed by atoms with E-state index in [0.29, 0.717) is 9.90 Å². The number of fused-ring (bicyclic) bond motifs is 1. The molecule has 3 heterocycles. The van der Waals surface area contributed by atoms with E-state index in [2.05, 4.69) is 22.5 Å². The van der Waals surface area contributed by atoms with E-state index in [1.54, 1.807) is 0 Å². The van der Waals surface area contributed by atoms with Gasteiger partial charge in [0.05, 0.1) is 16.3 Å². The number of aromatic nitrogens is 2. The summed E-state index contributed by atoms with van der Waals surface area (Å²) in [7, 11) is 2.09. The first-order valence-electron chi connectivity index (χ1n) is 8.51. The summed E-state index contributed by atoms with van der Waals surface area (Å²) < 4.78 is 1.86. The van der Waals surface area contributed by atoms with E-state index in [0.717, 1.165) is 47.8 Å². The Bertz CT molecular complexity index is 958. The van der Waals surface area contributed by atoms with Gasteiger partial charge in [0.1, 0.15) is 4.83 Å². The molecule has 1 aromatic carbocycles. The van der Waals surface area contributed by atoms with Gasteiger partial charge in [-0.15, -0.1) is 11.3 Å². The normalized spacial score (nSPS) is 16.3. The van der Waals surface area contributed by atoms with Gasteiger partial charge in [0.15, 0.2) is 0 Å². The second-order valence-electron chi connectivity index (χ2n) is 6.54. The first-order chi connectivity index (χ1) is 12.5. The molecule has 0 bridgehead atoms. The van der Waals surface area contributed by atoms with Gasteiger partial charge in [-0.2, -0.15) is 5.10 Å². The van der Waals surface area contributed by atoms with Crippen molar-refractivity contribution in [1.29, 1.82) is 0 Å². The fraction of sp³-hybridized carbons (Fsp3) is 0.333. The molecule has 8 heteroatoms. The number of hydrogen-bond acceptors (Lipinski definition) is 5. The Labute approximate surface area is 160 Å². The molecule has 4 rings (SSSR count). The van der Waals surface area contributed by atoms with E-state index < -0.39 is 0 Å². The van der Waals surface area contributed by atoms with Gasteiger partial charge in [-0.1, -0.05) is 17.7 Å². The van der Waals surface area contributed by atoms with Crippen LogP contribution in [0.25, 0.3) is 15.9 Å². The van der Waals surface area contributed by atoms with Crippen LogP contribution in [0.1, 0.15) is 15.4 Å². The molecule has 136 valence electrons. The summed E-state index contributed by atoms with van der Waals surface area (Å²) in [6.45, 7) is 5.54. The number of rotatable bonds is 3. The number of carbonyl (C=O) groups is 1. The van der Waals surface area contributed by atoms with Crippen molar-refractivity contribution in [3.05, 3.63) is 45.9 Å². The highest BCUT2D eigenvalue weighted by Crippen LogP contribution is 2.31. The number of thiophene rings is 1. The van der Waals surface area contributed by atoms with E-state index in [-0.39, 0.29) is 5.91 Å². The topological polar surface area (TPSA) is 53.4 Å². The predicted molar refractivity (Wildman–Crippen MR) is 105 cm³/mol. The molecule has 1 aliphatic heterocycles. The number of amides is 1. The Morgan fingerprint density at radius 3 is 2.73 bits per heavy atom. The average Bonchev–Trinajstić information content (AvgIpc) is 3.18. The third kappa shape index (κ3) is 3.35. The number of nitrogens with one attached hydrogen (secondary N) is 1. The Hall–Kier alpha value is -1.93. The molecular formula is C18H20ClN5OS. The molecule has 1 aliphatic rings. The van der Waals surface area contributed by atoms with Gasteiger partial charge in [-0.3, -0.25) is 10.2 Å². The summed E-state index contributed by atoms with van der Waals surface area (Å²) in [5, 5.41) is 8.25. The van der Waals surface area contributed by atoms with Crippen molar-refractivity contribution in [2.45, 2.75) is 6.92 Å². The Morgan fingerprint density at radius 1 is 1.23 bits per heavy atom. The summed E-state index contributed by atoms with van der Waals surface area (Å²) in [5.74, 6) is -0.0622. The minimum Gasteiger partial charge on any atom is -0.304 e. The van der Waals surface area contributed by atoms with Crippen molar-refractivity contribution in [1.82, 2.24) is 25.1 Å². The molecule has 1 fully saturated rings. The second kappa shape index (κ2) is 7.00. The van der Waals surface area contributed by atoms with E-state index in [1.165, 1.54) is 11.3 Å². The number of likely N-dealkylation sites (N-methyl/N-ethyl adjacent to an activating group) is 1. The molecule has 0 atom stereocenters. The van der Waals surface area contributed by atoms with Crippen LogP contribution in [0.3, 0.4) is 0 Å². The molecule has 0 spiro atoms. The van der Waals surface area contributed by atoms with Crippen LogP contribution in [0.15, 0.2) is 30.3 Å². The molecule has 0 saturated carbocycles. The quantitative estimate of drug-likeness (QED) is 0.748. The third-order valence-electron chi connectivity index (χ3n) is 4.58. The third-order valence-corrected chi connectivity index (χ3v) is 5.93. The molecule has 3 aromatic rings. The highest BCUT2D eigenvalue weighted by Gasteiger charge is 2.20. The lowest BCUT2D eigenvalue weighted by molar-refractivity contribution is 0.0666. The van der Waals surface area contributed by atoms with Crippen molar-refractivity contribution in [2.75, 3.05) is 33.2 Å². The number of hydrogen-bond donors (Lipinski definition) is 1. The molecule has 1 amide bonds. The molecule has 1 N–H and O–H groups in total. The number of hydrazine groups is 1. The number of nitrogens with zero attached hydrogens (tertiary/aromatic N) is 4. The SMILES string of the molecule is Cc1nn(-c2cccc(Cl)c2)c2sc(C(=O)NN3CCN(C)CC3)cc12. The van der Waals surface area contributed by atoms with Gasteiger partial charge in [0.2, 0.25) is 0 Å².